The third-order valence-corrected chi connectivity index (χ3v) is 5.78. The molecular formula is C22H28N6O2. The lowest BCUT2D eigenvalue weighted by Gasteiger charge is -2.34. The molecule has 158 valence electrons. The molecule has 1 atom stereocenters. The molecule has 3 heterocycles. The summed E-state index contributed by atoms with van der Waals surface area (Å²) in [5.74, 6) is 3.68. The van der Waals surface area contributed by atoms with Crippen molar-refractivity contribution in [1.29, 1.82) is 0 Å². The van der Waals surface area contributed by atoms with E-state index in [0.29, 0.717) is 18.6 Å². The van der Waals surface area contributed by atoms with Gasteiger partial charge in [0.1, 0.15) is 12.4 Å². The average molecular weight is 409 g/mol. The highest BCUT2D eigenvalue weighted by molar-refractivity contribution is 5.64. The van der Waals surface area contributed by atoms with E-state index in [1.165, 1.54) is 12.8 Å². The van der Waals surface area contributed by atoms with E-state index >= 15 is 0 Å². The Labute approximate surface area is 177 Å². The van der Waals surface area contributed by atoms with Crippen LogP contribution in [0.1, 0.15) is 26.4 Å². The first-order chi connectivity index (χ1) is 14.6. The van der Waals surface area contributed by atoms with Gasteiger partial charge in [-0.2, -0.15) is 4.98 Å². The van der Waals surface area contributed by atoms with Crippen molar-refractivity contribution in [2.75, 3.05) is 31.0 Å². The van der Waals surface area contributed by atoms with Crippen LogP contribution in [0.3, 0.4) is 0 Å². The van der Waals surface area contributed by atoms with E-state index in [2.05, 4.69) is 27.2 Å². The van der Waals surface area contributed by atoms with Gasteiger partial charge in [0.2, 0.25) is 5.95 Å². The first kappa shape index (κ1) is 18.7. The lowest BCUT2D eigenvalue weighted by molar-refractivity contribution is 0.252. The van der Waals surface area contributed by atoms with Crippen LogP contribution in [0.5, 0.6) is 11.5 Å². The zero-order valence-corrected chi connectivity index (χ0v) is 17.5. The number of methoxy groups -OCH3 is 1. The molecule has 30 heavy (non-hydrogen) atoms. The van der Waals surface area contributed by atoms with Crippen molar-refractivity contribution < 1.29 is 10.9 Å². The maximum Gasteiger partial charge on any atom is 0.229 e. The molecule has 5 rings (SSSR count). The van der Waals surface area contributed by atoms with Crippen molar-refractivity contribution in [2.24, 2.45) is 5.92 Å². The Morgan fingerprint density at radius 2 is 2.17 bits per heavy atom. The number of imidazole rings is 1. The predicted molar refractivity (Wildman–Crippen MR) is 117 cm³/mol. The number of nitrogens with one attached hydrogen (secondary N) is 1. The SMILES string of the molecule is COc1cc(Nc2ncc3c(n2)N(C)[C@@H](CC2CC2)CO3)ccc1-n1cnc(C)c1.[HH]. The molecule has 1 N–H and O–H groups in total. The van der Waals surface area contributed by atoms with Gasteiger partial charge in [-0.15, -0.1) is 0 Å². The molecule has 8 nitrogen and oxygen atoms in total. The third-order valence-electron chi connectivity index (χ3n) is 5.78. The molecule has 2 aromatic heterocycles. The van der Waals surface area contributed by atoms with Gasteiger partial charge < -0.3 is 24.3 Å². The molecule has 8 heteroatoms. The minimum atomic E-state index is 0. The number of aryl methyl sites for hydroxylation is 1. The van der Waals surface area contributed by atoms with E-state index in [4.69, 9.17) is 14.5 Å². The van der Waals surface area contributed by atoms with Crippen LogP contribution in [0.2, 0.25) is 0 Å². The highest BCUT2D eigenvalue weighted by Gasteiger charge is 2.32. The van der Waals surface area contributed by atoms with Gasteiger partial charge in [0.25, 0.3) is 0 Å². The molecule has 1 saturated carbocycles. The van der Waals surface area contributed by atoms with E-state index in [1.807, 2.05) is 35.9 Å². The highest BCUT2D eigenvalue weighted by Crippen LogP contribution is 2.39. The van der Waals surface area contributed by atoms with Gasteiger partial charge in [-0.05, 0) is 31.4 Å². The quantitative estimate of drug-likeness (QED) is 0.661. The molecule has 1 aromatic carbocycles. The predicted octanol–water partition coefficient (Wildman–Crippen LogP) is 3.97. The van der Waals surface area contributed by atoms with Crippen LogP contribution in [-0.2, 0) is 0 Å². The van der Waals surface area contributed by atoms with Gasteiger partial charge in [-0.3, -0.25) is 0 Å². The van der Waals surface area contributed by atoms with Crippen molar-refractivity contribution >= 4 is 17.5 Å². The fourth-order valence-corrected chi connectivity index (χ4v) is 3.86. The van der Waals surface area contributed by atoms with E-state index in [1.54, 1.807) is 19.6 Å². The standard InChI is InChI=1S/C22H26N6O2.H2/c1-14-11-28(13-24-14)18-7-6-16(9-19(18)29-3)25-22-23-10-20-21(26-22)27(2)17(12-30-20)8-15-4-5-15;/h6-7,9-11,13,15,17H,4-5,8,12H2,1-3H3,(H,23,25,26);1H/t17-;/m0./s1. The summed E-state index contributed by atoms with van der Waals surface area (Å²) < 4.78 is 13.5. The van der Waals surface area contributed by atoms with E-state index < -0.39 is 0 Å². The van der Waals surface area contributed by atoms with Crippen LogP contribution < -0.4 is 19.7 Å². The van der Waals surface area contributed by atoms with Gasteiger partial charge in [-0.1, -0.05) is 12.8 Å². The lowest BCUT2D eigenvalue weighted by Crippen LogP contribution is -2.41. The first-order valence-corrected chi connectivity index (χ1v) is 10.3. The average Bonchev–Trinajstić information content (AvgIpc) is 3.48. The number of likely N-dealkylation sites (N-methyl/N-ethyl adjacent to an activating group) is 1. The number of benzene rings is 1. The van der Waals surface area contributed by atoms with Crippen LogP contribution in [0.4, 0.5) is 17.5 Å². The molecule has 0 radical (unpaired) electrons. The van der Waals surface area contributed by atoms with Crippen molar-refractivity contribution in [3.05, 3.63) is 42.6 Å². The molecular weight excluding hydrogens is 380 g/mol. The summed E-state index contributed by atoms with van der Waals surface area (Å²) in [6.45, 7) is 2.66. The second kappa shape index (κ2) is 7.51. The molecule has 0 amide bonds. The number of fused-ring (bicyclic) bond motifs is 1. The van der Waals surface area contributed by atoms with Crippen molar-refractivity contribution in [1.82, 2.24) is 19.5 Å². The van der Waals surface area contributed by atoms with Crippen LogP contribution in [0.15, 0.2) is 36.9 Å². The summed E-state index contributed by atoms with van der Waals surface area (Å²) in [4.78, 5) is 15.7. The third kappa shape index (κ3) is 3.65. The van der Waals surface area contributed by atoms with Crippen molar-refractivity contribution in [3.63, 3.8) is 0 Å². The molecule has 3 aromatic rings. The second-order valence-electron chi connectivity index (χ2n) is 8.07. The van der Waals surface area contributed by atoms with Gasteiger partial charge in [0, 0.05) is 26.4 Å². The van der Waals surface area contributed by atoms with Crippen LogP contribution in [-0.4, -0.2) is 46.3 Å². The number of rotatable bonds is 6. The fraction of sp³-hybridized carbons (Fsp3) is 0.409. The van der Waals surface area contributed by atoms with Gasteiger partial charge in [0.05, 0.1) is 37.1 Å². The smallest absolute Gasteiger partial charge is 0.229 e. The monoisotopic (exact) mass is 408 g/mol. The zero-order chi connectivity index (χ0) is 20.7. The Balaban J connectivity index is 0.00000231. The molecule has 1 aliphatic heterocycles. The Bertz CT molecular complexity index is 1070. The Kier molecular flexibility index (Phi) is 4.69. The first-order valence-electron chi connectivity index (χ1n) is 10.3. The number of ether oxygens (including phenoxy) is 2. The topological polar surface area (TPSA) is 77.3 Å². The number of anilines is 3. The van der Waals surface area contributed by atoms with Gasteiger partial charge in [0.15, 0.2) is 11.6 Å². The number of hydrogen-bond acceptors (Lipinski definition) is 7. The van der Waals surface area contributed by atoms with Crippen molar-refractivity contribution in [3.8, 4) is 17.2 Å². The minimum absolute atomic E-state index is 0. The Hall–Kier alpha value is -3.29. The summed E-state index contributed by atoms with van der Waals surface area (Å²) >= 11 is 0. The zero-order valence-electron chi connectivity index (χ0n) is 17.5. The van der Waals surface area contributed by atoms with Crippen LogP contribution in [0, 0.1) is 12.8 Å². The lowest BCUT2D eigenvalue weighted by atomic mass is 10.1. The van der Waals surface area contributed by atoms with Gasteiger partial charge >= 0.3 is 0 Å². The van der Waals surface area contributed by atoms with E-state index in [-0.39, 0.29) is 1.43 Å². The summed E-state index contributed by atoms with van der Waals surface area (Å²) in [7, 11) is 3.75. The molecule has 0 saturated heterocycles. The maximum absolute atomic E-state index is 5.92. The summed E-state index contributed by atoms with van der Waals surface area (Å²) in [6.07, 6.45) is 9.32. The molecule has 1 aliphatic carbocycles. The maximum atomic E-state index is 5.92. The molecule has 0 spiro atoms. The summed E-state index contributed by atoms with van der Waals surface area (Å²) in [5, 5.41) is 3.29. The summed E-state index contributed by atoms with van der Waals surface area (Å²) in [6, 6.07) is 6.27. The second-order valence-corrected chi connectivity index (χ2v) is 8.07. The normalized spacial score (nSPS) is 18.0. The largest absolute Gasteiger partial charge is 0.494 e. The minimum Gasteiger partial charge on any atom is -0.494 e. The van der Waals surface area contributed by atoms with E-state index in [9.17, 15) is 0 Å². The number of hydrogen-bond donors (Lipinski definition) is 1. The Morgan fingerprint density at radius 3 is 2.90 bits per heavy atom. The summed E-state index contributed by atoms with van der Waals surface area (Å²) in [5.41, 5.74) is 2.72. The fourth-order valence-electron chi connectivity index (χ4n) is 3.86. The molecule has 0 unspecified atom stereocenters. The van der Waals surface area contributed by atoms with Crippen LogP contribution in [0.25, 0.3) is 5.69 Å². The molecule has 2 aliphatic rings. The van der Waals surface area contributed by atoms with Crippen LogP contribution >= 0.6 is 0 Å². The van der Waals surface area contributed by atoms with Gasteiger partial charge in [-0.25, -0.2) is 9.97 Å². The van der Waals surface area contributed by atoms with E-state index in [0.717, 1.165) is 46.7 Å². The number of aromatic nitrogens is 4. The molecule has 1 fully saturated rings. The highest BCUT2D eigenvalue weighted by atomic mass is 16.5. The van der Waals surface area contributed by atoms with Crippen molar-refractivity contribution in [2.45, 2.75) is 32.2 Å². The Morgan fingerprint density at radius 1 is 1.30 bits per heavy atom. The molecule has 0 bridgehead atoms. The number of nitrogens with zero attached hydrogens (tertiary/aromatic N) is 5.